The molecule has 0 aliphatic rings. The van der Waals surface area contributed by atoms with E-state index in [-0.39, 0.29) is 32.3 Å². The number of ether oxygens (including phenoxy) is 1. The van der Waals surface area contributed by atoms with E-state index in [0.717, 1.165) is 0 Å². The van der Waals surface area contributed by atoms with Crippen molar-refractivity contribution in [3.8, 4) is 0 Å². The monoisotopic (exact) mass is 398 g/mol. The second kappa shape index (κ2) is 11.8. The van der Waals surface area contributed by atoms with E-state index in [9.17, 15) is 4.79 Å². The molecule has 0 aromatic rings. The summed E-state index contributed by atoms with van der Waals surface area (Å²) < 4.78 is 4.97. The van der Waals surface area contributed by atoms with E-state index >= 15 is 0 Å². The number of hydrogen-bond donors (Lipinski definition) is 0. The minimum absolute atomic E-state index is 0. The molecule has 0 spiro atoms. The molecular formula is C13H26O2W. The van der Waals surface area contributed by atoms with Gasteiger partial charge in [0.15, 0.2) is 0 Å². The van der Waals surface area contributed by atoms with Crippen LogP contribution in [0.2, 0.25) is 0 Å². The van der Waals surface area contributed by atoms with Crippen LogP contribution in [0.1, 0.15) is 48.0 Å². The number of carbonyl (C=O) groups is 1. The zero-order chi connectivity index (χ0) is 12.5. The van der Waals surface area contributed by atoms with Crippen molar-refractivity contribution in [2.75, 3.05) is 13.2 Å². The molecule has 3 heteroatoms. The van der Waals surface area contributed by atoms with Gasteiger partial charge in [-0.15, -0.1) is 0 Å². The Hall–Kier alpha value is 0.318. The predicted octanol–water partition coefficient (Wildman–Crippen LogP) is 3.46. The smallest absolute Gasteiger partial charge is 0.413 e. The standard InChI is InChI=1S/C9H17O2.C4H9.W/c1-5-11-7-6-8(10)9(2,3)4;1-4(2)3;/h1,5-7H2,2-4H3;1-3H3;/q2*-1;+2. The van der Waals surface area contributed by atoms with Gasteiger partial charge in [0.05, 0.1) is 0 Å². The van der Waals surface area contributed by atoms with Crippen LogP contribution in [0.3, 0.4) is 0 Å². The van der Waals surface area contributed by atoms with Crippen LogP contribution in [-0.4, -0.2) is 19.0 Å². The van der Waals surface area contributed by atoms with Gasteiger partial charge in [-0.25, -0.2) is 0 Å². The summed E-state index contributed by atoms with van der Waals surface area (Å²) in [6, 6.07) is 0. The number of hydrogen-bond acceptors (Lipinski definition) is 2. The number of carbonyl (C=O) groups excluding carboxylic acids is 1. The number of Topliss-reactive ketones (excluding diaryl/α,β-unsaturated/α-hetero) is 1. The van der Waals surface area contributed by atoms with Gasteiger partial charge in [-0.1, -0.05) is 27.4 Å². The van der Waals surface area contributed by atoms with Crippen molar-refractivity contribution in [3.63, 3.8) is 0 Å². The largest absolute Gasteiger partial charge is 2.00 e. The predicted molar refractivity (Wildman–Crippen MR) is 65.5 cm³/mol. The van der Waals surface area contributed by atoms with Gasteiger partial charge in [0.2, 0.25) is 0 Å². The molecule has 0 bridgehead atoms. The van der Waals surface area contributed by atoms with Crippen LogP contribution in [0.4, 0.5) is 0 Å². The van der Waals surface area contributed by atoms with Crippen molar-refractivity contribution >= 4 is 5.78 Å². The molecule has 0 rings (SSSR count). The molecule has 96 valence electrons. The van der Waals surface area contributed by atoms with Gasteiger partial charge in [0, 0.05) is 18.4 Å². The molecule has 0 N–H and O–H groups in total. The second-order valence-corrected chi connectivity index (χ2v) is 5.04. The summed E-state index contributed by atoms with van der Waals surface area (Å²) in [6.07, 6.45) is 0.499. The van der Waals surface area contributed by atoms with Crippen LogP contribution in [0.5, 0.6) is 0 Å². The summed E-state index contributed by atoms with van der Waals surface area (Å²) in [5.41, 5.74) is -0.232. The van der Waals surface area contributed by atoms with Crippen molar-refractivity contribution in [2.45, 2.75) is 48.0 Å². The summed E-state index contributed by atoms with van der Waals surface area (Å²) in [7, 11) is 0. The molecule has 0 saturated heterocycles. The Kier molecular flexibility index (Phi) is 15.9. The van der Waals surface area contributed by atoms with Crippen molar-refractivity contribution < 1.29 is 30.6 Å². The van der Waals surface area contributed by atoms with Gasteiger partial charge >= 0.3 is 21.1 Å². The van der Waals surface area contributed by atoms with E-state index in [0.29, 0.717) is 19.6 Å². The van der Waals surface area contributed by atoms with Gasteiger partial charge in [-0.3, -0.25) is 4.79 Å². The van der Waals surface area contributed by atoms with Crippen LogP contribution >= 0.6 is 0 Å². The maximum atomic E-state index is 11.2. The molecule has 0 aliphatic heterocycles. The molecule has 0 aromatic carbocycles. The Labute approximate surface area is 116 Å². The first-order valence-electron chi connectivity index (χ1n) is 5.39. The Morgan fingerprint density at radius 1 is 1.25 bits per heavy atom. The first-order chi connectivity index (χ1) is 6.71. The molecule has 0 heterocycles. The van der Waals surface area contributed by atoms with E-state index in [1.54, 1.807) is 0 Å². The summed E-state index contributed by atoms with van der Waals surface area (Å²) in [6.45, 7) is 16.5. The van der Waals surface area contributed by atoms with Crippen molar-refractivity contribution in [2.24, 2.45) is 5.41 Å². The molecule has 0 saturated carbocycles. The fourth-order valence-electron chi connectivity index (χ4n) is 0.642. The first-order valence-corrected chi connectivity index (χ1v) is 5.39. The minimum Gasteiger partial charge on any atom is -0.413 e. The van der Waals surface area contributed by atoms with Crippen LogP contribution in [-0.2, 0) is 30.6 Å². The second-order valence-electron chi connectivity index (χ2n) is 5.04. The van der Waals surface area contributed by atoms with Crippen molar-refractivity contribution in [1.82, 2.24) is 0 Å². The fourth-order valence-corrected chi connectivity index (χ4v) is 0.642. The minimum atomic E-state index is -0.232. The third kappa shape index (κ3) is 19.8. The van der Waals surface area contributed by atoms with Gasteiger partial charge in [0.25, 0.3) is 0 Å². The topological polar surface area (TPSA) is 26.3 Å². The fraction of sp³-hybridized carbons (Fsp3) is 0.769. The van der Waals surface area contributed by atoms with E-state index in [4.69, 9.17) is 4.74 Å². The van der Waals surface area contributed by atoms with Crippen LogP contribution < -0.4 is 0 Å². The Morgan fingerprint density at radius 2 is 1.62 bits per heavy atom. The van der Waals surface area contributed by atoms with Crippen molar-refractivity contribution in [1.29, 1.82) is 0 Å². The maximum absolute atomic E-state index is 11.2. The number of rotatable bonds is 4. The van der Waals surface area contributed by atoms with Gasteiger partial charge in [-0.05, 0) is 0 Å². The van der Waals surface area contributed by atoms with Gasteiger partial charge in [-0.2, -0.15) is 20.8 Å². The van der Waals surface area contributed by atoms with Crippen LogP contribution in [0.25, 0.3) is 0 Å². The summed E-state index contributed by atoms with van der Waals surface area (Å²) in [5.74, 6) is 1.66. The molecule has 0 atom stereocenters. The average Bonchev–Trinajstić information content (AvgIpc) is 2.01. The Bertz CT molecular complexity index is 157. The zero-order valence-corrected chi connectivity index (χ0v) is 14.5. The van der Waals surface area contributed by atoms with Crippen LogP contribution in [0, 0.1) is 18.3 Å². The SMILES string of the molecule is C[C-](C)C.[CH2-]COCCC(=O)C(C)(C)C.[W+2]. The van der Waals surface area contributed by atoms with E-state index < -0.39 is 0 Å². The summed E-state index contributed by atoms with van der Waals surface area (Å²) >= 11 is 0. The molecule has 0 unspecified atom stereocenters. The van der Waals surface area contributed by atoms with Crippen molar-refractivity contribution in [3.05, 3.63) is 12.8 Å². The van der Waals surface area contributed by atoms with Gasteiger partial charge in [0.1, 0.15) is 5.78 Å². The van der Waals surface area contributed by atoms with Crippen LogP contribution in [0.15, 0.2) is 0 Å². The zero-order valence-electron chi connectivity index (χ0n) is 11.6. The molecule has 0 aliphatic carbocycles. The summed E-state index contributed by atoms with van der Waals surface area (Å²) in [5, 5.41) is 0. The quantitative estimate of drug-likeness (QED) is 0.536. The molecule has 0 aromatic heterocycles. The summed E-state index contributed by atoms with van der Waals surface area (Å²) in [4.78, 5) is 11.2. The maximum Gasteiger partial charge on any atom is 2.00 e. The molecule has 0 radical (unpaired) electrons. The van der Waals surface area contributed by atoms with E-state index in [1.807, 2.05) is 20.8 Å². The third-order valence-electron chi connectivity index (χ3n) is 1.45. The molecular weight excluding hydrogens is 372 g/mol. The molecule has 2 nitrogen and oxygen atoms in total. The molecule has 0 fully saturated rings. The average molecular weight is 398 g/mol. The molecule has 0 amide bonds. The van der Waals surface area contributed by atoms with E-state index in [2.05, 4.69) is 27.7 Å². The Morgan fingerprint density at radius 3 is 1.88 bits per heavy atom. The number of ketones is 1. The molecule has 16 heavy (non-hydrogen) atoms. The Balaban J connectivity index is -0.000000292. The normalized spacial score (nSPS) is 10.2. The first kappa shape index (κ1) is 21.6. The third-order valence-corrected chi connectivity index (χ3v) is 1.45. The van der Waals surface area contributed by atoms with Gasteiger partial charge < -0.3 is 17.6 Å². The van der Waals surface area contributed by atoms with E-state index in [1.165, 1.54) is 5.92 Å².